The van der Waals surface area contributed by atoms with Crippen molar-refractivity contribution in [1.82, 2.24) is 0 Å². The van der Waals surface area contributed by atoms with Crippen LogP contribution in [0.4, 0.5) is 4.39 Å². The molecule has 5 nitrogen and oxygen atoms in total. The number of ether oxygens (including phenoxy) is 2. The zero-order chi connectivity index (χ0) is 16.7. The van der Waals surface area contributed by atoms with Crippen LogP contribution in [0.5, 0.6) is 0 Å². The number of benzene rings is 1. The highest BCUT2D eigenvalue weighted by atomic mass is 19.1. The molecule has 0 aliphatic heterocycles. The van der Waals surface area contributed by atoms with Gasteiger partial charge in [0.15, 0.2) is 5.78 Å². The average molecular weight is 310 g/mol. The van der Waals surface area contributed by atoms with Gasteiger partial charge in [0.05, 0.1) is 25.2 Å². The molecule has 0 radical (unpaired) electrons. The number of hydrogen-bond acceptors (Lipinski definition) is 5. The predicted molar refractivity (Wildman–Crippen MR) is 77.1 cm³/mol. The summed E-state index contributed by atoms with van der Waals surface area (Å²) in [6, 6.07) is 3.28. The average Bonchev–Trinajstić information content (AvgIpc) is 2.46. The highest BCUT2D eigenvalue weighted by molar-refractivity contribution is 6.07. The summed E-state index contributed by atoms with van der Waals surface area (Å²) in [4.78, 5) is 35.7. The van der Waals surface area contributed by atoms with E-state index in [-0.39, 0.29) is 30.8 Å². The molecule has 0 amide bonds. The third-order valence-electron chi connectivity index (χ3n) is 2.97. The third kappa shape index (κ3) is 4.65. The number of ketones is 1. The molecule has 0 saturated heterocycles. The largest absolute Gasteiger partial charge is 0.466 e. The van der Waals surface area contributed by atoms with Crippen molar-refractivity contribution in [2.45, 2.75) is 27.2 Å². The van der Waals surface area contributed by atoms with Gasteiger partial charge < -0.3 is 9.47 Å². The number of carbonyl (C=O) groups is 3. The summed E-state index contributed by atoms with van der Waals surface area (Å²) in [6.45, 7) is 5.18. The second kappa shape index (κ2) is 8.26. The van der Waals surface area contributed by atoms with Gasteiger partial charge in [-0.15, -0.1) is 0 Å². The van der Waals surface area contributed by atoms with Crippen LogP contribution in [0, 0.1) is 11.7 Å². The van der Waals surface area contributed by atoms with Crippen molar-refractivity contribution < 1.29 is 28.2 Å². The van der Waals surface area contributed by atoms with Gasteiger partial charge in [0.25, 0.3) is 0 Å². The van der Waals surface area contributed by atoms with Gasteiger partial charge in [-0.25, -0.2) is 9.18 Å². The van der Waals surface area contributed by atoms with Crippen LogP contribution < -0.4 is 0 Å². The summed E-state index contributed by atoms with van der Waals surface area (Å²) in [5.41, 5.74) is -0.0980. The van der Waals surface area contributed by atoms with Crippen molar-refractivity contribution in [1.29, 1.82) is 0 Å². The lowest BCUT2D eigenvalue weighted by molar-refractivity contribution is -0.143. The Balaban J connectivity index is 3.01. The lowest BCUT2D eigenvalue weighted by Gasteiger charge is -2.13. The molecule has 1 atom stereocenters. The minimum atomic E-state index is -0.770. The molecular weight excluding hydrogens is 291 g/mol. The number of hydrogen-bond donors (Lipinski definition) is 0. The van der Waals surface area contributed by atoms with Crippen molar-refractivity contribution in [2.75, 3.05) is 13.2 Å². The molecule has 0 aliphatic carbocycles. The van der Waals surface area contributed by atoms with E-state index in [2.05, 4.69) is 0 Å². The summed E-state index contributed by atoms with van der Waals surface area (Å²) in [5, 5.41) is 0. The molecule has 6 heteroatoms. The molecule has 1 aromatic rings. The summed E-state index contributed by atoms with van der Waals surface area (Å²) < 4.78 is 22.9. The summed E-state index contributed by atoms with van der Waals surface area (Å²) in [5.74, 6) is -3.02. The van der Waals surface area contributed by atoms with Gasteiger partial charge in [0.1, 0.15) is 5.82 Å². The normalized spacial score (nSPS) is 11.6. The molecule has 1 aromatic carbocycles. The van der Waals surface area contributed by atoms with Crippen molar-refractivity contribution in [3.63, 3.8) is 0 Å². The molecule has 0 bridgehead atoms. The molecular formula is C16H19FO5. The Morgan fingerprint density at radius 1 is 1.09 bits per heavy atom. The molecule has 0 saturated carbocycles. The molecule has 0 heterocycles. The molecule has 0 aliphatic rings. The quantitative estimate of drug-likeness (QED) is 0.572. The first kappa shape index (κ1) is 17.8. The van der Waals surface area contributed by atoms with Crippen molar-refractivity contribution in [3.05, 3.63) is 35.1 Å². The lowest BCUT2D eigenvalue weighted by atomic mass is 9.93. The highest BCUT2D eigenvalue weighted by Gasteiger charge is 2.25. The fourth-order valence-electron chi connectivity index (χ4n) is 1.94. The van der Waals surface area contributed by atoms with Crippen LogP contribution >= 0.6 is 0 Å². The van der Waals surface area contributed by atoms with Gasteiger partial charge in [0, 0.05) is 11.5 Å². The van der Waals surface area contributed by atoms with Gasteiger partial charge in [0.2, 0.25) is 0 Å². The maximum atomic E-state index is 13.3. The molecule has 0 fully saturated rings. The Hall–Kier alpha value is -2.24. The summed E-state index contributed by atoms with van der Waals surface area (Å²) in [7, 11) is 0. The number of halogens is 1. The Morgan fingerprint density at radius 2 is 1.73 bits per heavy atom. The van der Waals surface area contributed by atoms with Gasteiger partial charge in [-0.05, 0) is 32.0 Å². The van der Waals surface area contributed by atoms with E-state index in [1.807, 2.05) is 0 Å². The van der Waals surface area contributed by atoms with Crippen LogP contribution in [-0.2, 0) is 14.3 Å². The van der Waals surface area contributed by atoms with E-state index in [1.165, 1.54) is 6.07 Å². The van der Waals surface area contributed by atoms with E-state index in [0.717, 1.165) is 12.1 Å². The first-order valence-corrected chi connectivity index (χ1v) is 7.07. The molecule has 0 N–H and O–H groups in total. The zero-order valence-electron chi connectivity index (χ0n) is 12.8. The monoisotopic (exact) mass is 310 g/mol. The smallest absolute Gasteiger partial charge is 0.338 e. The SMILES string of the molecule is CCOC(=O)CC(C)C(=O)c1ccc(F)cc1C(=O)OCC. The Kier molecular flexibility index (Phi) is 6.69. The molecule has 120 valence electrons. The third-order valence-corrected chi connectivity index (χ3v) is 2.97. The van der Waals surface area contributed by atoms with Gasteiger partial charge in [-0.2, -0.15) is 0 Å². The molecule has 1 unspecified atom stereocenters. The van der Waals surface area contributed by atoms with E-state index in [4.69, 9.17) is 9.47 Å². The zero-order valence-corrected chi connectivity index (χ0v) is 12.8. The Morgan fingerprint density at radius 3 is 2.32 bits per heavy atom. The van der Waals surface area contributed by atoms with E-state index in [1.54, 1.807) is 20.8 Å². The maximum absolute atomic E-state index is 13.3. The molecule has 1 rings (SSSR count). The second-order valence-corrected chi connectivity index (χ2v) is 4.68. The van der Waals surface area contributed by atoms with Crippen LogP contribution in [0.2, 0.25) is 0 Å². The van der Waals surface area contributed by atoms with Crippen LogP contribution in [0.3, 0.4) is 0 Å². The van der Waals surface area contributed by atoms with Crippen LogP contribution in [0.25, 0.3) is 0 Å². The highest BCUT2D eigenvalue weighted by Crippen LogP contribution is 2.19. The predicted octanol–water partition coefficient (Wildman–Crippen LogP) is 2.77. The maximum Gasteiger partial charge on any atom is 0.338 e. The molecule has 0 spiro atoms. The van der Waals surface area contributed by atoms with Gasteiger partial charge >= 0.3 is 11.9 Å². The minimum Gasteiger partial charge on any atom is -0.466 e. The standard InChI is InChI=1S/C16H19FO5/c1-4-21-14(18)8-10(3)15(19)12-7-6-11(17)9-13(12)16(20)22-5-2/h6-7,9-10H,4-5,8H2,1-3H3. The van der Waals surface area contributed by atoms with E-state index in [9.17, 15) is 18.8 Å². The number of rotatable bonds is 7. The Bertz CT molecular complexity index is 568. The van der Waals surface area contributed by atoms with Crippen molar-refractivity contribution in [2.24, 2.45) is 5.92 Å². The Labute approximate surface area is 128 Å². The number of esters is 2. The number of carbonyl (C=O) groups excluding carboxylic acids is 3. The van der Waals surface area contributed by atoms with E-state index < -0.39 is 29.5 Å². The molecule has 0 aromatic heterocycles. The van der Waals surface area contributed by atoms with Gasteiger partial charge in [-0.1, -0.05) is 6.92 Å². The first-order chi connectivity index (χ1) is 10.4. The fraction of sp³-hybridized carbons (Fsp3) is 0.438. The van der Waals surface area contributed by atoms with Crippen LogP contribution in [0.1, 0.15) is 47.9 Å². The van der Waals surface area contributed by atoms with E-state index in [0.29, 0.717) is 0 Å². The first-order valence-electron chi connectivity index (χ1n) is 7.07. The van der Waals surface area contributed by atoms with Crippen LogP contribution in [0.15, 0.2) is 18.2 Å². The number of Topliss-reactive ketones (excluding diaryl/α,β-unsaturated/α-hetero) is 1. The van der Waals surface area contributed by atoms with Gasteiger partial charge in [-0.3, -0.25) is 9.59 Å². The van der Waals surface area contributed by atoms with Crippen LogP contribution in [-0.4, -0.2) is 30.9 Å². The van der Waals surface area contributed by atoms with E-state index >= 15 is 0 Å². The molecule has 22 heavy (non-hydrogen) atoms. The topological polar surface area (TPSA) is 69.7 Å². The van der Waals surface area contributed by atoms with Crippen molar-refractivity contribution in [3.8, 4) is 0 Å². The lowest BCUT2D eigenvalue weighted by Crippen LogP contribution is -2.20. The fourth-order valence-corrected chi connectivity index (χ4v) is 1.94. The summed E-state index contributed by atoms with van der Waals surface area (Å²) in [6.07, 6.45) is -0.105. The summed E-state index contributed by atoms with van der Waals surface area (Å²) >= 11 is 0. The second-order valence-electron chi connectivity index (χ2n) is 4.68. The van der Waals surface area contributed by atoms with Crippen molar-refractivity contribution >= 4 is 17.7 Å². The minimum absolute atomic E-state index is 0.0386.